The highest BCUT2D eigenvalue weighted by Gasteiger charge is 2.45. The Balaban J connectivity index is 1.81. The van der Waals surface area contributed by atoms with E-state index >= 15 is 0 Å². The second kappa shape index (κ2) is 5.95. The van der Waals surface area contributed by atoms with Crippen molar-refractivity contribution in [3.63, 3.8) is 0 Å². The van der Waals surface area contributed by atoms with Crippen LogP contribution in [0.1, 0.15) is 18.4 Å². The Morgan fingerprint density at radius 1 is 1.12 bits per heavy atom. The summed E-state index contributed by atoms with van der Waals surface area (Å²) in [6, 6.07) is 11.2. The molecule has 0 saturated heterocycles. The van der Waals surface area contributed by atoms with Crippen molar-refractivity contribution in [2.24, 2.45) is 0 Å². The number of hydrogen-bond donors (Lipinski definition) is 1. The van der Waals surface area contributed by atoms with Gasteiger partial charge in [0.05, 0.1) is 4.92 Å². The molecule has 2 aromatic rings. The van der Waals surface area contributed by atoms with E-state index in [9.17, 15) is 22.9 Å². The number of nitrogens with one attached hydrogen (secondary N) is 1. The molecule has 1 saturated carbocycles. The lowest BCUT2D eigenvalue weighted by Gasteiger charge is -2.16. The van der Waals surface area contributed by atoms with Crippen molar-refractivity contribution in [2.75, 3.05) is 6.54 Å². The van der Waals surface area contributed by atoms with Crippen molar-refractivity contribution < 1.29 is 17.7 Å². The van der Waals surface area contributed by atoms with Gasteiger partial charge in [-0.2, -0.15) is 0 Å². The molecular weight excluding hydrogens is 335 g/mol. The minimum Gasteiger partial charge on any atom is -0.258 e. The third kappa shape index (κ3) is 3.15. The van der Waals surface area contributed by atoms with Crippen LogP contribution < -0.4 is 4.72 Å². The molecule has 0 unspecified atom stereocenters. The number of nitro benzene ring substituents is 1. The summed E-state index contributed by atoms with van der Waals surface area (Å²) in [6.07, 6.45) is 1.55. The second-order valence-corrected chi connectivity index (χ2v) is 7.57. The Labute approximate surface area is 138 Å². The topological polar surface area (TPSA) is 89.3 Å². The molecular formula is C16H15FN2O4S. The van der Waals surface area contributed by atoms with Crippen LogP contribution in [0.25, 0.3) is 0 Å². The molecule has 0 spiro atoms. The van der Waals surface area contributed by atoms with Crippen LogP contribution in [-0.4, -0.2) is 19.9 Å². The molecule has 8 heteroatoms. The van der Waals surface area contributed by atoms with Gasteiger partial charge >= 0.3 is 0 Å². The lowest BCUT2D eigenvalue weighted by atomic mass is 9.96. The van der Waals surface area contributed by atoms with Gasteiger partial charge in [-0.1, -0.05) is 24.3 Å². The molecule has 0 aliphatic heterocycles. The summed E-state index contributed by atoms with van der Waals surface area (Å²) in [4.78, 5) is 9.94. The van der Waals surface area contributed by atoms with Gasteiger partial charge in [-0.05, 0) is 36.6 Å². The van der Waals surface area contributed by atoms with Gasteiger partial charge in [-0.3, -0.25) is 10.1 Å². The highest BCUT2D eigenvalue weighted by Crippen LogP contribution is 2.47. The monoisotopic (exact) mass is 350 g/mol. The standard InChI is InChI=1S/C16H15FN2O4S/c17-13-7-5-12(6-8-13)16(9-10-16)11-18-24(22,23)15-4-2-1-3-14(15)19(20)21/h1-8,18H,9-11H2. The van der Waals surface area contributed by atoms with Crippen LogP contribution >= 0.6 is 0 Å². The maximum absolute atomic E-state index is 13.0. The number of sulfonamides is 1. The van der Waals surface area contributed by atoms with Gasteiger partial charge in [-0.15, -0.1) is 0 Å². The minimum atomic E-state index is -4.01. The highest BCUT2D eigenvalue weighted by molar-refractivity contribution is 7.89. The van der Waals surface area contributed by atoms with Gasteiger partial charge in [-0.25, -0.2) is 17.5 Å². The molecule has 0 heterocycles. The molecule has 24 heavy (non-hydrogen) atoms. The average molecular weight is 350 g/mol. The van der Waals surface area contributed by atoms with Crippen molar-refractivity contribution in [2.45, 2.75) is 23.2 Å². The van der Waals surface area contributed by atoms with Crippen molar-refractivity contribution >= 4 is 15.7 Å². The third-order valence-corrected chi connectivity index (χ3v) is 5.71. The molecule has 1 aliphatic carbocycles. The fourth-order valence-electron chi connectivity index (χ4n) is 2.67. The fourth-order valence-corrected chi connectivity index (χ4v) is 3.97. The zero-order chi connectivity index (χ0) is 17.4. The number of rotatable bonds is 6. The molecule has 126 valence electrons. The van der Waals surface area contributed by atoms with E-state index in [-0.39, 0.29) is 22.7 Å². The van der Waals surface area contributed by atoms with E-state index in [0.717, 1.165) is 24.5 Å². The molecule has 1 aliphatic rings. The van der Waals surface area contributed by atoms with Crippen molar-refractivity contribution in [3.05, 3.63) is 70.0 Å². The van der Waals surface area contributed by atoms with E-state index in [0.29, 0.717) is 0 Å². The lowest BCUT2D eigenvalue weighted by molar-refractivity contribution is -0.387. The number of para-hydroxylation sites is 1. The first-order valence-corrected chi connectivity index (χ1v) is 8.82. The molecule has 0 bridgehead atoms. The maximum Gasteiger partial charge on any atom is 0.289 e. The zero-order valence-corrected chi connectivity index (χ0v) is 13.4. The summed E-state index contributed by atoms with van der Waals surface area (Å²) in [5, 5.41) is 11.0. The Morgan fingerprint density at radius 2 is 1.75 bits per heavy atom. The van der Waals surface area contributed by atoms with Crippen LogP contribution in [0.2, 0.25) is 0 Å². The van der Waals surface area contributed by atoms with Crippen LogP contribution in [0, 0.1) is 15.9 Å². The van der Waals surface area contributed by atoms with E-state index < -0.39 is 20.6 Å². The van der Waals surface area contributed by atoms with Crippen LogP contribution in [0.15, 0.2) is 53.4 Å². The molecule has 2 aromatic carbocycles. The van der Waals surface area contributed by atoms with Crippen molar-refractivity contribution in [1.82, 2.24) is 4.72 Å². The van der Waals surface area contributed by atoms with Crippen molar-refractivity contribution in [1.29, 1.82) is 0 Å². The molecule has 3 rings (SSSR count). The predicted molar refractivity (Wildman–Crippen MR) is 85.6 cm³/mol. The lowest BCUT2D eigenvalue weighted by Crippen LogP contribution is -2.32. The summed E-state index contributed by atoms with van der Waals surface area (Å²) in [7, 11) is -4.01. The number of nitro groups is 1. The molecule has 0 radical (unpaired) electrons. The quantitative estimate of drug-likeness (QED) is 0.641. The molecule has 1 N–H and O–H groups in total. The van der Waals surface area contributed by atoms with E-state index in [4.69, 9.17) is 0 Å². The number of halogens is 1. The molecule has 0 amide bonds. The van der Waals surface area contributed by atoms with Crippen LogP contribution in [0.4, 0.5) is 10.1 Å². The SMILES string of the molecule is O=[N+]([O-])c1ccccc1S(=O)(=O)NCC1(c2ccc(F)cc2)CC1. The van der Waals surface area contributed by atoms with E-state index in [1.807, 2.05) is 0 Å². The van der Waals surface area contributed by atoms with Gasteiger partial charge in [0, 0.05) is 18.0 Å². The van der Waals surface area contributed by atoms with E-state index in [1.165, 1.54) is 30.3 Å². The molecule has 6 nitrogen and oxygen atoms in total. The predicted octanol–water partition coefficient (Wildman–Crippen LogP) is 2.74. The summed E-state index contributed by atoms with van der Waals surface area (Å²) in [5.41, 5.74) is 0.0235. The number of nitrogens with zero attached hydrogens (tertiary/aromatic N) is 1. The second-order valence-electron chi connectivity index (χ2n) is 5.84. The molecule has 0 atom stereocenters. The smallest absolute Gasteiger partial charge is 0.258 e. The fraction of sp³-hybridized carbons (Fsp3) is 0.250. The normalized spacial score (nSPS) is 15.9. The maximum atomic E-state index is 13.0. The van der Waals surface area contributed by atoms with Crippen molar-refractivity contribution in [3.8, 4) is 0 Å². The van der Waals surface area contributed by atoms with Crippen LogP contribution in [-0.2, 0) is 15.4 Å². The van der Waals surface area contributed by atoms with Crippen LogP contribution in [0.5, 0.6) is 0 Å². The van der Waals surface area contributed by atoms with Crippen LogP contribution in [0.3, 0.4) is 0 Å². The molecule has 1 fully saturated rings. The van der Waals surface area contributed by atoms with Gasteiger partial charge in [0.2, 0.25) is 10.0 Å². The highest BCUT2D eigenvalue weighted by atomic mass is 32.2. The van der Waals surface area contributed by atoms with E-state index in [2.05, 4.69) is 4.72 Å². The summed E-state index contributed by atoms with van der Waals surface area (Å²) >= 11 is 0. The average Bonchev–Trinajstić information content (AvgIpc) is 3.35. The number of benzene rings is 2. The zero-order valence-electron chi connectivity index (χ0n) is 12.6. The number of hydrogen-bond acceptors (Lipinski definition) is 4. The third-order valence-electron chi connectivity index (χ3n) is 4.26. The Hall–Kier alpha value is -2.32. The summed E-state index contributed by atoms with van der Waals surface area (Å²) < 4.78 is 40.4. The van der Waals surface area contributed by atoms with Gasteiger partial charge < -0.3 is 0 Å². The summed E-state index contributed by atoms with van der Waals surface area (Å²) in [6.45, 7) is 0.118. The summed E-state index contributed by atoms with van der Waals surface area (Å²) in [5.74, 6) is -0.352. The van der Waals surface area contributed by atoms with Gasteiger partial charge in [0.15, 0.2) is 4.90 Å². The first-order chi connectivity index (χ1) is 11.3. The Morgan fingerprint density at radius 3 is 2.33 bits per heavy atom. The van der Waals surface area contributed by atoms with E-state index in [1.54, 1.807) is 12.1 Å². The van der Waals surface area contributed by atoms with Gasteiger partial charge in [0.25, 0.3) is 5.69 Å². The first kappa shape index (κ1) is 16.5. The van der Waals surface area contributed by atoms with Gasteiger partial charge in [0.1, 0.15) is 5.82 Å². The first-order valence-electron chi connectivity index (χ1n) is 7.33. The Bertz CT molecular complexity index is 877. The largest absolute Gasteiger partial charge is 0.289 e. The molecule has 0 aromatic heterocycles. The Kier molecular flexibility index (Phi) is 4.10. The minimum absolute atomic E-state index is 0.118.